The smallest absolute Gasteiger partial charge is 0.258 e. The standard InChI is InChI=1S/C32H27Cl2F5N2O5/c1-11-8-13(9-12(2)25(11)42)18-14-6-7-15-17(27(44)41(26(15)43)30(3,4)5)16(14)10-31(33)28(45)40(29(46)32(18,31)34)24-22(38)20(36)19(35)21(37)23(24)39/h6,8-9,15-18,42H,7,10H2,1-5H3. The quantitative estimate of drug-likeness (QED) is 0.104. The Balaban J connectivity index is 1.62. The number of benzene rings is 2. The van der Waals surface area contributed by atoms with Gasteiger partial charge in [-0.15, -0.1) is 23.2 Å². The number of carbonyl (C=O) groups excluding carboxylic acids is 4. The fourth-order valence-corrected chi connectivity index (χ4v) is 8.69. The van der Waals surface area contributed by atoms with Crippen molar-refractivity contribution in [2.45, 2.75) is 68.7 Å². The maximum absolute atomic E-state index is 15.1. The zero-order chi connectivity index (χ0) is 34.2. The number of imide groups is 2. The number of nitrogens with zero attached hydrogens (tertiary/aromatic N) is 2. The molecule has 46 heavy (non-hydrogen) atoms. The van der Waals surface area contributed by atoms with E-state index >= 15 is 8.78 Å². The number of aromatic hydroxyl groups is 1. The van der Waals surface area contributed by atoms with Gasteiger partial charge in [-0.2, -0.15) is 0 Å². The molecule has 2 aliphatic heterocycles. The maximum atomic E-state index is 15.1. The average Bonchev–Trinajstić information content (AvgIpc) is 3.32. The lowest BCUT2D eigenvalue weighted by Crippen LogP contribution is -2.60. The maximum Gasteiger partial charge on any atom is 0.258 e. The summed E-state index contributed by atoms with van der Waals surface area (Å²) in [6.45, 7) is 8.13. The number of alkyl halides is 2. The third kappa shape index (κ3) is 3.88. The van der Waals surface area contributed by atoms with Crippen molar-refractivity contribution in [2.75, 3.05) is 4.90 Å². The molecule has 2 aliphatic carbocycles. The van der Waals surface area contributed by atoms with Crippen LogP contribution in [0.2, 0.25) is 0 Å². The van der Waals surface area contributed by atoms with Gasteiger partial charge in [0.2, 0.25) is 17.6 Å². The molecule has 0 radical (unpaired) electrons. The molecule has 3 fully saturated rings. The van der Waals surface area contributed by atoms with Crippen LogP contribution in [0, 0.1) is 60.7 Å². The largest absolute Gasteiger partial charge is 0.507 e. The number of amides is 4. The summed E-state index contributed by atoms with van der Waals surface area (Å²) in [4.78, 5) is 51.7. The van der Waals surface area contributed by atoms with Gasteiger partial charge in [0.1, 0.15) is 11.4 Å². The van der Waals surface area contributed by atoms with Gasteiger partial charge in [0.15, 0.2) is 33.0 Å². The molecule has 2 heterocycles. The topological polar surface area (TPSA) is 95.0 Å². The molecule has 6 unspecified atom stereocenters. The van der Waals surface area contributed by atoms with Crippen LogP contribution in [0.25, 0.3) is 0 Å². The van der Waals surface area contributed by atoms with E-state index in [1.807, 2.05) is 0 Å². The first-order valence-corrected chi connectivity index (χ1v) is 15.1. The van der Waals surface area contributed by atoms with Crippen molar-refractivity contribution in [3.8, 4) is 5.75 Å². The monoisotopic (exact) mass is 684 g/mol. The SMILES string of the molecule is Cc1cc(C2C3=CCC4C(=O)N(C(C)(C)C)C(=O)C4C3CC3(Cl)C(=O)N(c4c(F)c(F)c(F)c(F)c4F)C(=O)C23Cl)cc(C)c1O. The molecular weight excluding hydrogens is 658 g/mol. The van der Waals surface area contributed by atoms with E-state index in [4.69, 9.17) is 23.2 Å². The summed E-state index contributed by atoms with van der Waals surface area (Å²) >= 11 is 14.2. The fraction of sp³-hybridized carbons (Fsp3) is 0.438. The third-order valence-corrected chi connectivity index (χ3v) is 11.2. The fourth-order valence-electron chi connectivity index (χ4n) is 7.76. The van der Waals surface area contributed by atoms with E-state index in [9.17, 15) is 37.5 Å². The number of rotatable bonds is 2. The second kappa shape index (κ2) is 10.00. The number of aryl methyl sites for hydroxylation is 2. The van der Waals surface area contributed by atoms with Crippen molar-refractivity contribution >= 4 is 52.5 Å². The van der Waals surface area contributed by atoms with Crippen molar-refractivity contribution in [1.82, 2.24) is 4.90 Å². The number of likely N-dealkylation sites (tertiary alicyclic amines) is 1. The Morgan fingerprint density at radius 3 is 1.87 bits per heavy atom. The summed E-state index contributed by atoms with van der Waals surface area (Å²) in [5, 5.41) is 10.5. The van der Waals surface area contributed by atoms with Crippen LogP contribution in [0.5, 0.6) is 5.75 Å². The molecule has 7 nitrogen and oxygen atoms in total. The van der Waals surface area contributed by atoms with Gasteiger partial charge in [-0.05, 0) is 70.1 Å². The number of anilines is 1. The van der Waals surface area contributed by atoms with Gasteiger partial charge in [0, 0.05) is 11.5 Å². The van der Waals surface area contributed by atoms with Gasteiger partial charge in [0.25, 0.3) is 11.8 Å². The van der Waals surface area contributed by atoms with Gasteiger partial charge in [-0.1, -0.05) is 23.8 Å². The van der Waals surface area contributed by atoms with E-state index in [-0.39, 0.29) is 22.6 Å². The van der Waals surface area contributed by atoms with Crippen LogP contribution in [0.4, 0.5) is 27.6 Å². The molecule has 4 aliphatic rings. The number of phenolic OH excluding ortho intramolecular Hbond substituents is 1. The second-order valence-electron chi connectivity index (χ2n) is 13.4. The van der Waals surface area contributed by atoms with Crippen molar-refractivity contribution in [3.63, 3.8) is 0 Å². The summed E-state index contributed by atoms with van der Waals surface area (Å²) in [6.07, 6.45) is 1.10. The average molecular weight is 685 g/mol. The third-order valence-electron chi connectivity index (χ3n) is 9.74. The highest BCUT2D eigenvalue weighted by molar-refractivity contribution is 6.58. The molecule has 1 saturated carbocycles. The van der Waals surface area contributed by atoms with Crippen LogP contribution in [0.15, 0.2) is 23.8 Å². The summed E-state index contributed by atoms with van der Waals surface area (Å²) in [6, 6.07) is 2.93. The van der Waals surface area contributed by atoms with Gasteiger partial charge >= 0.3 is 0 Å². The first-order valence-electron chi connectivity index (χ1n) is 14.4. The van der Waals surface area contributed by atoms with E-state index in [0.29, 0.717) is 16.7 Å². The number of fused-ring (bicyclic) bond motifs is 4. The zero-order valence-electron chi connectivity index (χ0n) is 25.1. The number of hydrogen-bond acceptors (Lipinski definition) is 5. The van der Waals surface area contributed by atoms with E-state index in [0.717, 1.165) is 4.90 Å². The molecule has 0 bridgehead atoms. The van der Waals surface area contributed by atoms with E-state index in [1.54, 1.807) is 40.7 Å². The van der Waals surface area contributed by atoms with Gasteiger partial charge in [-0.3, -0.25) is 24.1 Å². The first kappa shape index (κ1) is 32.4. The van der Waals surface area contributed by atoms with E-state index in [1.165, 1.54) is 12.1 Å². The van der Waals surface area contributed by atoms with E-state index < -0.39 is 104 Å². The molecule has 2 saturated heterocycles. The minimum Gasteiger partial charge on any atom is -0.507 e. The predicted molar refractivity (Wildman–Crippen MR) is 156 cm³/mol. The number of allylic oxidation sites excluding steroid dienone is 2. The summed E-state index contributed by atoms with van der Waals surface area (Å²) < 4.78 is 73.0. The lowest BCUT2D eigenvalue weighted by Gasteiger charge is -2.51. The molecule has 0 aromatic heterocycles. The Hall–Kier alpha value is -3.51. The van der Waals surface area contributed by atoms with Crippen LogP contribution < -0.4 is 4.90 Å². The minimum absolute atomic E-state index is 0.0476. The summed E-state index contributed by atoms with van der Waals surface area (Å²) in [5.74, 6) is -20.7. The summed E-state index contributed by atoms with van der Waals surface area (Å²) in [5.41, 5.74) is -1.53. The lowest BCUT2D eigenvalue weighted by molar-refractivity contribution is -0.145. The molecule has 14 heteroatoms. The number of hydrogen-bond donors (Lipinski definition) is 1. The number of phenols is 1. The molecule has 1 N–H and O–H groups in total. The van der Waals surface area contributed by atoms with E-state index in [2.05, 4.69) is 0 Å². The van der Waals surface area contributed by atoms with Crippen molar-refractivity contribution in [2.24, 2.45) is 17.8 Å². The molecule has 2 aromatic rings. The first-order chi connectivity index (χ1) is 21.2. The van der Waals surface area contributed by atoms with Gasteiger partial charge in [-0.25, -0.2) is 26.9 Å². The van der Waals surface area contributed by atoms with Gasteiger partial charge in [0.05, 0.1) is 11.8 Å². The normalized spacial score (nSPS) is 30.9. The van der Waals surface area contributed by atoms with Crippen LogP contribution in [0.3, 0.4) is 0 Å². The van der Waals surface area contributed by atoms with Crippen molar-refractivity contribution < 1.29 is 46.2 Å². The second-order valence-corrected chi connectivity index (χ2v) is 14.6. The molecule has 6 rings (SSSR count). The Morgan fingerprint density at radius 1 is 0.826 bits per heavy atom. The zero-order valence-corrected chi connectivity index (χ0v) is 26.6. The molecule has 2 aromatic carbocycles. The Labute approximate surface area is 269 Å². The lowest BCUT2D eigenvalue weighted by atomic mass is 9.56. The molecule has 4 amide bonds. The Kier molecular flexibility index (Phi) is 7.05. The van der Waals surface area contributed by atoms with Crippen molar-refractivity contribution in [3.05, 3.63) is 69.6 Å². The van der Waals surface area contributed by atoms with Crippen LogP contribution >= 0.6 is 23.2 Å². The Morgan fingerprint density at radius 2 is 1.35 bits per heavy atom. The molecule has 0 spiro atoms. The Bertz CT molecular complexity index is 1790. The highest BCUT2D eigenvalue weighted by Gasteiger charge is 2.77. The minimum atomic E-state index is -2.62. The predicted octanol–water partition coefficient (Wildman–Crippen LogP) is 6.07. The van der Waals surface area contributed by atoms with Crippen LogP contribution in [0.1, 0.15) is 56.2 Å². The summed E-state index contributed by atoms with van der Waals surface area (Å²) in [7, 11) is 0. The van der Waals surface area contributed by atoms with Crippen LogP contribution in [-0.4, -0.2) is 48.9 Å². The molecular formula is C32H27Cl2F5N2O5. The van der Waals surface area contributed by atoms with Crippen LogP contribution in [-0.2, 0) is 19.2 Å². The number of halogens is 7. The van der Waals surface area contributed by atoms with Crippen molar-refractivity contribution in [1.29, 1.82) is 0 Å². The highest BCUT2D eigenvalue weighted by Crippen LogP contribution is 2.66. The number of carbonyl (C=O) groups is 4. The highest BCUT2D eigenvalue weighted by atomic mass is 35.5. The molecule has 6 atom stereocenters. The van der Waals surface area contributed by atoms with Gasteiger partial charge < -0.3 is 5.11 Å². The molecule has 244 valence electrons.